The van der Waals surface area contributed by atoms with Gasteiger partial charge in [0.1, 0.15) is 12.5 Å². The molecule has 0 saturated carbocycles. The summed E-state index contributed by atoms with van der Waals surface area (Å²) in [4.78, 5) is 26.7. The lowest BCUT2D eigenvalue weighted by Crippen LogP contribution is -2.58. The third-order valence-electron chi connectivity index (χ3n) is 5.55. The van der Waals surface area contributed by atoms with Crippen molar-refractivity contribution in [1.29, 1.82) is 0 Å². The summed E-state index contributed by atoms with van der Waals surface area (Å²) >= 11 is 0. The molecule has 0 bridgehead atoms. The highest BCUT2D eigenvalue weighted by Crippen LogP contribution is 2.33. The van der Waals surface area contributed by atoms with Gasteiger partial charge in [0, 0.05) is 0 Å². The summed E-state index contributed by atoms with van der Waals surface area (Å²) in [6, 6.07) is 4.88. The van der Waals surface area contributed by atoms with E-state index >= 15 is 0 Å². The van der Waals surface area contributed by atoms with Crippen LogP contribution in [0.2, 0.25) is 0 Å². The van der Waals surface area contributed by atoms with Gasteiger partial charge in [-0.1, -0.05) is 6.07 Å². The molecular formula is C18H23N3O4. The zero-order chi connectivity index (χ0) is 17.6. The number of hydrogen-bond donors (Lipinski definition) is 4. The molecule has 2 amide bonds. The zero-order valence-electron chi connectivity index (χ0n) is 13.9. The number of aliphatic hydroxyl groups excluding tert-OH is 2. The second kappa shape index (κ2) is 6.49. The Morgan fingerprint density at radius 1 is 0.960 bits per heavy atom. The highest BCUT2D eigenvalue weighted by molar-refractivity contribution is 6.21. The molecule has 3 atom stereocenters. The average Bonchev–Trinajstić information content (AvgIpc) is 2.87. The van der Waals surface area contributed by atoms with Crippen molar-refractivity contribution in [3.63, 3.8) is 0 Å². The fourth-order valence-electron chi connectivity index (χ4n) is 4.14. The third kappa shape index (κ3) is 2.87. The number of carbonyl (C=O) groups excluding carboxylic acids is 2. The van der Waals surface area contributed by atoms with Crippen LogP contribution in [0.5, 0.6) is 0 Å². The van der Waals surface area contributed by atoms with Crippen LogP contribution >= 0.6 is 0 Å². The zero-order valence-corrected chi connectivity index (χ0v) is 13.9. The molecule has 2 saturated heterocycles. The predicted molar refractivity (Wildman–Crippen MR) is 90.0 cm³/mol. The third-order valence-corrected chi connectivity index (χ3v) is 5.55. The van der Waals surface area contributed by atoms with Gasteiger partial charge >= 0.3 is 0 Å². The smallest absolute Gasteiger partial charge is 0.261 e. The minimum absolute atomic E-state index is 0.349. The van der Waals surface area contributed by atoms with Crippen molar-refractivity contribution < 1.29 is 19.8 Å². The van der Waals surface area contributed by atoms with Crippen molar-refractivity contribution in [2.24, 2.45) is 0 Å². The summed E-state index contributed by atoms with van der Waals surface area (Å²) in [5.41, 5.74) is 1.93. The summed E-state index contributed by atoms with van der Waals surface area (Å²) in [6.07, 6.45) is 0.877. The first-order valence-corrected chi connectivity index (χ1v) is 8.91. The Labute approximate surface area is 146 Å². The number of carbonyl (C=O) groups is 2. The van der Waals surface area contributed by atoms with Crippen LogP contribution in [0.3, 0.4) is 0 Å². The van der Waals surface area contributed by atoms with Crippen molar-refractivity contribution in [3.05, 3.63) is 34.9 Å². The maximum absolute atomic E-state index is 12.9. The van der Waals surface area contributed by atoms with Gasteiger partial charge in [0.2, 0.25) is 0 Å². The molecule has 0 aromatic heterocycles. The Hall–Kier alpha value is -1.80. The molecule has 4 rings (SSSR count). The quantitative estimate of drug-likeness (QED) is 0.569. The monoisotopic (exact) mass is 345 g/mol. The van der Waals surface area contributed by atoms with Crippen molar-refractivity contribution in [1.82, 2.24) is 15.5 Å². The van der Waals surface area contributed by atoms with Crippen LogP contribution < -0.4 is 10.6 Å². The van der Waals surface area contributed by atoms with E-state index in [1.165, 1.54) is 0 Å². The Kier molecular flexibility index (Phi) is 4.33. The molecule has 1 aromatic rings. The SMILES string of the molecule is O=C1c2ccc(C3CCNCC3)cc2C(=O)N1C1CCC(O)NC1O. The molecule has 0 radical (unpaired) electrons. The average molecular weight is 345 g/mol. The lowest BCUT2D eigenvalue weighted by molar-refractivity contribution is -0.0413. The normalized spacial score (nSPS) is 30.6. The Balaban J connectivity index is 1.61. The maximum Gasteiger partial charge on any atom is 0.261 e. The molecule has 3 unspecified atom stereocenters. The van der Waals surface area contributed by atoms with Crippen LogP contribution in [0.25, 0.3) is 0 Å². The highest BCUT2D eigenvalue weighted by Gasteiger charge is 2.44. The largest absolute Gasteiger partial charge is 0.379 e. The van der Waals surface area contributed by atoms with E-state index in [4.69, 9.17) is 0 Å². The molecule has 3 aliphatic heterocycles. The van der Waals surface area contributed by atoms with E-state index in [1.54, 1.807) is 6.07 Å². The van der Waals surface area contributed by atoms with Gasteiger partial charge < -0.3 is 15.5 Å². The van der Waals surface area contributed by atoms with E-state index in [2.05, 4.69) is 10.6 Å². The number of rotatable bonds is 2. The van der Waals surface area contributed by atoms with E-state index in [0.717, 1.165) is 36.4 Å². The van der Waals surface area contributed by atoms with Gasteiger partial charge in [-0.3, -0.25) is 19.8 Å². The van der Waals surface area contributed by atoms with E-state index in [-0.39, 0.29) is 11.8 Å². The molecule has 25 heavy (non-hydrogen) atoms. The summed E-state index contributed by atoms with van der Waals surface area (Å²) in [7, 11) is 0. The van der Waals surface area contributed by atoms with E-state index in [9.17, 15) is 19.8 Å². The molecule has 3 aliphatic rings. The predicted octanol–water partition coefficient (Wildman–Crippen LogP) is 0.138. The van der Waals surface area contributed by atoms with Crippen LogP contribution in [-0.4, -0.2) is 58.5 Å². The molecule has 134 valence electrons. The molecule has 0 aliphatic carbocycles. The lowest BCUT2D eigenvalue weighted by atomic mass is 9.88. The van der Waals surface area contributed by atoms with Crippen LogP contribution in [-0.2, 0) is 0 Å². The van der Waals surface area contributed by atoms with Crippen LogP contribution in [0.4, 0.5) is 0 Å². The van der Waals surface area contributed by atoms with Crippen molar-refractivity contribution >= 4 is 11.8 Å². The first-order chi connectivity index (χ1) is 12.1. The number of amides is 2. The highest BCUT2D eigenvalue weighted by atomic mass is 16.3. The summed E-state index contributed by atoms with van der Waals surface area (Å²) in [5.74, 6) is -0.308. The molecule has 1 aromatic carbocycles. The number of aliphatic hydroxyl groups is 2. The number of piperidine rings is 2. The molecular weight excluding hydrogens is 322 g/mol. The number of nitrogens with one attached hydrogen (secondary N) is 2. The fourth-order valence-corrected chi connectivity index (χ4v) is 4.14. The van der Waals surface area contributed by atoms with Gasteiger partial charge in [-0.25, -0.2) is 0 Å². The van der Waals surface area contributed by atoms with Gasteiger partial charge in [-0.2, -0.15) is 0 Å². The first kappa shape index (κ1) is 16.7. The fraction of sp³-hybridized carbons (Fsp3) is 0.556. The Morgan fingerprint density at radius 3 is 2.40 bits per heavy atom. The summed E-state index contributed by atoms with van der Waals surface area (Å²) in [5, 5.41) is 25.6. The second-order valence-electron chi connectivity index (χ2n) is 7.08. The van der Waals surface area contributed by atoms with Gasteiger partial charge in [0.05, 0.1) is 17.2 Å². The molecule has 0 spiro atoms. The minimum atomic E-state index is -1.12. The molecule has 4 N–H and O–H groups in total. The summed E-state index contributed by atoms with van der Waals surface area (Å²) < 4.78 is 0. The lowest BCUT2D eigenvalue weighted by Gasteiger charge is -2.36. The van der Waals surface area contributed by atoms with Crippen molar-refractivity contribution in [2.45, 2.75) is 50.1 Å². The van der Waals surface area contributed by atoms with Crippen LogP contribution in [0.15, 0.2) is 18.2 Å². The number of benzene rings is 1. The number of imide groups is 1. The van der Waals surface area contributed by atoms with E-state index in [0.29, 0.717) is 29.9 Å². The molecule has 3 heterocycles. The van der Waals surface area contributed by atoms with Crippen LogP contribution in [0.1, 0.15) is 57.9 Å². The molecule has 2 fully saturated rings. The van der Waals surface area contributed by atoms with E-state index in [1.807, 2.05) is 12.1 Å². The van der Waals surface area contributed by atoms with Gasteiger partial charge in [0.15, 0.2) is 0 Å². The van der Waals surface area contributed by atoms with Crippen LogP contribution in [0, 0.1) is 0 Å². The topological polar surface area (TPSA) is 102 Å². The molecule has 7 heteroatoms. The van der Waals surface area contributed by atoms with Gasteiger partial charge in [-0.05, 0) is 62.4 Å². The summed E-state index contributed by atoms with van der Waals surface area (Å²) in [6.45, 7) is 1.92. The van der Waals surface area contributed by atoms with Crippen molar-refractivity contribution in [2.75, 3.05) is 13.1 Å². The standard InChI is InChI=1S/C18H23N3O4/c22-15-4-3-14(16(23)20-15)21-17(24)12-2-1-11(9-13(12)18(21)25)10-5-7-19-8-6-10/h1-2,9-10,14-16,19-20,22-23H,3-8H2. The molecule has 7 nitrogen and oxygen atoms in total. The second-order valence-corrected chi connectivity index (χ2v) is 7.08. The number of nitrogens with zero attached hydrogens (tertiary/aromatic N) is 1. The number of fused-ring (bicyclic) bond motifs is 1. The van der Waals surface area contributed by atoms with E-state index < -0.39 is 18.5 Å². The Morgan fingerprint density at radius 2 is 1.68 bits per heavy atom. The number of hydrogen-bond acceptors (Lipinski definition) is 6. The first-order valence-electron chi connectivity index (χ1n) is 8.91. The maximum atomic E-state index is 12.9. The Bertz CT molecular complexity index is 702. The van der Waals surface area contributed by atoms with Crippen molar-refractivity contribution in [3.8, 4) is 0 Å². The van der Waals surface area contributed by atoms with Gasteiger partial charge in [0.25, 0.3) is 11.8 Å². The minimum Gasteiger partial charge on any atom is -0.379 e. The van der Waals surface area contributed by atoms with Gasteiger partial charge in [-0.15, -0.1) is 0 Å².